The van der Waals surface area contributed by atoms with Gasteiger partial charge in [-0.2, -0.15) is 0 Å². The van der Waals surface area contributed by atoms with E-state index in [0.717, 1.165) is 12.8 Å². The number of carbonyl (C=O) groups excluding carboxylic acids is 2. The summed E-state index contributed by atoms with van der Waals surface area (Å²) in [5.74, 6) is -0.560. The second-order valence-corrected chi connectivity index (χ2v) is 13.5. The predicted molar refractivity (Wildman–Crippen MR) is 112 cm³/mol. The molecule has 4 aliphatic rings. The Morgan fingerprint density at radius 1 is 0.742 bits per heavy atom. The van der Waals surface area contributed by atoms with Crippen LogP contribution in [0.25, 0.3) is 0 Å². The molecule has 0 N–H and O–H groups in total. The molecule has 8 nitrogen and oxygen atoms in total. The van der Waals surface area contributed by atoms with Crippen molar-refractivity contribution < 1.29 is 35.5 Å². The fourth-order valence-electron chi connectivity index (χ4n) is 6.82. The van der Waals surface area contributed by atoms with E-state index < -0.39 is 42.6 Å². The van der Waals surface area contributed by atoms with Crippen LogP contribution in [0.5, 0.6) is 0 Å². The Morgan fingerprint density at radius 3 is 1.19 bits per heavy atom. The van der Waals surface area contributed by atoms with Crippen LogP contribution in [-0.4, -0.2) is 86.8 Å². The first-order chi connectivity index (χ1) is 13.4. The minimum atomic E-state index is -4.33. The number of carbonyl (C=O) groups is 2. The van der Waals surface area contributed by atoms with Crippen molar-refractivity contribution in [2.45, 2.75) is 66.2 Å². The molecule has 0 aromatic carbocycles. The Labute approximate surface area is 214 Å². The van der Waals surface area contributed by atoms with Gasteiger partial charge in [0, 0.05) is 23.7 Å². The van der Waals surface area contributed by atoms with Crippen LogP contribution in [0.15, 0.2) is 0 Å². The van der Waals surface area contributed by atoms with E-state index in [9.17, 15) is 35.5 Å². The standard InChI is InChI=1S/2C10H16O4S.Ca/c2*1-9(2)7-3-4-10(9,8(11)5-7)6-15(12,13)14;/h2*7H,3-6H2,1-2H3,(H,12,13,14);/q;;+2/p-2/t2*7?,10-;/m11./s1. The monoisotopic (exact) mass is 502 g/mol. The van der Waals surface area contributed by atoms with Crippen molar-refractivity contribution in [3.63, 3.8) is 0 Å². The van der Waals surface area contributed by atoms with E-state index in [-0.39, 0.29) is 72.0 Å². The van der Waals surface area contributed by atoms with Gasteiger partial charge in [-0.1, -0.05) is 27.7 Å². The van der Waals surface area contributed by atoms with Gasteiger partial charge in [0.25, 0.3) is 0 Å². The fraction of sp³-hybridized carbons (Fsp3) is 0.900. The molecule has 0 aromatic heterocycles. The third-order valence-corrected chi connectivity index (χ3v) is 10.8. The van der Waals surface area contributed by atoms with Crippen molar-refractivity contribution in [1.82, 2.24) is 0 Å². The number of hydrogen-bond acceptors (Lipinski definition) is 8. The average molecular weight is 503 g/mol. The van der Waals surface area contributed by atoms with Gasteiger partial charge < -0.3 is 9.11 Å². The topological polar surface area (TPSA) is 149 Å². The van der Waals surface area contributed by atoms with E-state index >= 15 is 0 Å². The summed E-state index contributed by atoms with van der Waals surface area (Å²) in [5.41, 5.74) is -2.44. The summed E-state index contributed by atoms with van der Waals surface area (Å²) in [5, 5.41) is 0. The van der Waals surface area contributed by atoms with Crippen LogP contribution < -0.4 is 0 Å². The molecule has 0 spiro atoms. The summed E-state index contributed by atoms with van der Waals surface area (Å²) >= 11 is 0. The molecule has 31 heavy (non-hydrogen) atoms. The van der Waals surface area contributed by atoms with Gasteiger partial charge in [0.15, 0.2) is 0 Å². The molecular weight excluding hydrogens is 472 g/mol. The smallest absolute Gasteiger partial charge is 0.748 e. The molecule has 4 rings (SSSR count). The Kier molecular flexibility index (Phi) is 7.38. The van der Waals surface area contributed by atoms with Crippen molar-refractivity contribution in [2.24, 2.45) is 33.5 Å². The van der Waals surface area contributed by atoms with Crippen molar-refractivity contribution >= 4 is 69.5 Å². The Balaban J connectivity index is 0.000000213. The molecule has 0 heterocycles. The molecule has 172 valence electrons. The zero-order valence-corrected chi connectivity index (χ0v) is 22.4. The van der Waals surface area contributed by atoms with Gasteiger partial charge in [-0.25, -0.2) is 16.8 Å². The summed E-state index contributed by atoms with van der Waals surface area (Å²) in [6.45, 7) is 7.67. The maximum Gasteiger partial charge on any atom is 2.00 e. The number of hydrogen-bond donors (Lipinski definition) is 0. The van der Waals surface area contributed by atoms with Crippen LogP contribution in [0.2, 0.25) is 0 Å². The molecule has 4 saturated carbocycles. The average Bonchev–Trinajstić information content (AvgIpc) is 3.05. The minimum absolute atomic E-state index is 0. The largest absolute Gasteiger partial charge is 2.00 e. The summed E-state index contributed by atoms with van der Waals surface area (Å²) < 4.78 is 65.4. The number of Topliss-reactive ketones (excluding diaryl/α,β-unsaturated/α-hetero) is 2. The van der Waals surface area contributed by atoms with Crippen molar-refractivity contribution in [2.75, 3.05) is 11.5 Å². The Morgan fingerprint density at radius 2 is 1.03 bits per heavy atom. The van der Waals surface area contributed by atoms with E-state index in [2.05, 4.69) is 0 Å². The van der Waals surface area contributed by atoms with E-state index in [1.54, 1.807) is 0 Å². The molecular formula is C20H30CaO8S2. The maximum atomic E-state index is 11.8. The van der Waals surface area contributed by atoms with Crippen LogP contribution in [0.4, 0.5) is 0 Å². The second kappa shape index (κ2) is 8.27. The molecule has 4 atom stereocenters. The molecule has 0 aromatic rings. The zero-order valence-electron chi connectivity index (χ0n) is 18.6. The summed E-state index contributed by atoms with van der Waals surface area (Å²) in [6.07, 6.45) is 3.75. The normalized spacial score (nSPS) is 37.4. The molecule has 4 bridgehead atoms. The molecule has 0 amide bonds. The van der Waals surface area contributed by atoms with Gasteiger partial charge in [0.2, 0.25) is 0 Å². The summed E-state index contributed by atoms with van der Waals surface area (Å²) in [7, 11) is -8.65. The number of ketones is 2. The van der Waals surface area contributed by atoms with Gasteiger partial charge in [0.05, 0.1) is 31.7 Å². The first-order valence-corrected chi connectivity index (χ1v) is 13.5. The molecule has 0 radical (unpaired) electrons. The van der Waals surface area contributed by atoms with Gasteiger partial charge in [0.1, 0.15) is 11.6 Å². The van der Waals surface area contributed by atoms with Crippen LogP contribution in [-0.2, 0) is 29.8 Å². The maximum absolute atomic E-state index is 11.8. The van der Waals surface area contributed by atoms with E-state index in [0.29, 0.717) is 25.7 Å². The van der Waals surface area contributed by atoms with Gasteiger partial charge in [-0.15, -0.1) is 0 Å². The van der Waals surface area contributed by atoms with E-state index in [1.807, 2.05) is 27.7 Å². The van der Waals surface area contributed by atoms with E-state index in [4.69, 9.17) is 0 Å². The summed E-state index contributed by atoms with van der Waals surface area (Å²) in [6, 6.07) is 0. The van der Waals surface area contributed by atoms with Gasteiger partial charge in [-0.3, -0.25) is 9.59 Å². The van der Waals surface area contributed by atoms with Crippen molar-refractivity contribution in [3.8, 4) is 0 Å². The Hall–Kier alpha value is 0.420. The number of fused-ring (bicyclic) bond motifs is 4. The van der Waals surface area contributed by atoms with Crippen molar-refractivity contribution in [1.29, 1.82) is 0 Å². The Bertz CT molecular complexity index is 905. The quantitative estimate of drug-likeness (QED) is 0.414. The predicted octanol–water partition coefficient (Wildman–Crippen LogP) is 1.47. The van der Waals surface area contributed by atoms with Gasteiger partial charge >= 0.3 is 37.7 Å². The zero-order chi connectivity index (χ0) is 23.0. The molecule has 0 aliphatic heterocycles. The van der Waals surface area contributed by atoms with Crippen LogP contribution in [0, 0.1) is 33.5 Å². The third kappa shape index (κ3) is 4.44. The summed E-state index contributed by atoms with van der Waals surface area (Å²) in [4.78, 5) is 23.7. The van der Waals surface area contributed by atoms with Crippen LogP contribution in [0.1, 0.15) is 66.2 Å². The molecule has 4 fully saturated rings. The molecule has 2 unspecified atom stereocenters. The first-order valence-electron chi connectivity index (χ1n) is 10.3. The van der Waals surface area contributed by atoms with E-state index in [1.165, 1.54) is 0 Å². The van der Waals surface area contributed by atoms with Gasteiger partial charge in [-0.05, 0) is 48.3 Å². The molecule has 4 aliphatic carbocycles. The molecule has 11 heteroatoms. The first kappa shape index (κ1) is 27.7. The number of rotatable bonds is 4. The SMILES string of the molecule is CC1(C)C2CC[C@@]1(CS(=O)(=O)[O-])C(=O)C2.CC1(C)C2CC[C@@]1(CS(=O)(=O)[O-])C(=O)C2.[Ca+2]. The minimum Gasteiger partial charge on any atom is -0.748 e. The van der Waals surface area contributed by atoms with Crippen LogP contribution >= 0.6 is 0 Å². The second-order valence-electron chi connectivity index (χ2n) is 10.7. The fourth-order valence-corrected chi connectivity index (χ4v) is 9.38. The third-order valence-electron chi connectivity index (χ3n) is 9.12. The molecule has 0 saturated heterocycles. The van der Waals surface area contributed by atoms with Crippen molar-refractivity contribution in [3.05, 3.63) is 0 Å². The van der Waals surface area contributed by atoms with Crippen LogP contribution in [0.3, 0.4) is 0 Å².